The molecule has 8 aromatic carbocycles. The van der Waals surface area contributed by atoms with Crippen LogP contribution in [0.4, 0.5) is 0 Å². The number of nitrogens with zero attached hydrogens (tertiary/aromatic N) is 4. The molecular formula is C56H40N4OPt-2. The van der Waals surface area contributed by atoms with Crippen molar-refractivity contribution in [2.24, 2.45) is 0 Å². The number of rotatable bonds is 7. The molecule has 0 fully saturated rings. The number of imidazole rings is 1. The van der Waals surface area contributed by atoms with Gasteiger partial charge in [0.1, 0.15) is 5.82 Å². The minimum absolute atomic E-state index is 0. The number of fused-ring (bicyclic) bond motifs is 5. The van der Waals surface area contributed by atoms with Gasteiger partial charge in [0.05, 0.1) is 30.4 Å². The van der Waals surface area contributed by atoms with Gasteiger partial charge in [0, 0.05) is 44.3 Å². The molecule has 0 aliphatic heterocycles. The molecule has 11 aromatic rings. The van der Waals surface area contributed by atoms with Gasteiger partial charge in [-0.1, -0.05) is 171 Å². The van der Waals surface area contributed by atoms with Crippen LogP contribution in [0.1, 0.15) is 40.0 Å². The summed E-state index contributed by atoms with van der Waals surface area (Å²) in [6, 6.07) is 39.8. The Bertz CT molecular complexity index is 3910. The maximum absolute atomic E-state index is 9.06. The van der Waals surface area contributed by atoms with Gasteiger partial charge in [-0.2, -0.15) is 12.1 Å². The molecule has 11 rings (SSSR count). The Kier molecular flexibility index (Phi) is 7.43. The van der Waals surface area contributed by atoms with Crippen LogP contribution in [-0.4, -0.2) is 14.1 Å². The van der Waals surface area contributed by atoms with Gasteiger partial charge in [-0.25, -0.2) is 4.98 Å². The fourth-order valence-corrected chi connectivity index (χ4v) is 8.05. The molecule has 0 saturated carbocycles. The average molecular weight is 990 g/mol. The van der Waals surface area contributed by atoms with Crippen molar-refractivity contribution in [3.05, 3.63) is 212 Å². The van der Waals surface area contributed by atoms with Crippen molar-refractivity contribution < 1.29 is 44.1 Å². The van der Waals surface area contributed by atoms with Gasteiger partial charge in [0.25, 0.3) is 6.33 Å². The van der Waals surface area contributed by atoms with Crippen LogP contribution in [0.3, 0.4) is 0 Å². The van der Waals surface area contributed by atoms with Gasteiger partial charge in [-0.05, 0) is 62.5 Å². The summed E-state index contributed by atoms with van der Waals surface area (Å²) in [7, 11) is 0. The topological polar surface area (TPSA) is 35.9 Å². The van der Waals surface area contributed by atoms with Crippen LogP contribution < -0.4 is 9.30 Å². The van der Waals surface area contributed by atoms with Gasteiger partial charge < -0.3 is 13.9 Å². The second kappa shape index (κ2) is 15.8. The summed E-state index contributed by atoms with van der Waals surface area (Å²) >= 11 is 0. The van der Waals surface area contributed by atoms with Crippen LogP contribution in [0.5, 0.6) is 11.5 Å². The summed E-state index contributed by atoms with van der Waals surface area (Å²) in [6.07, 6.45) is 5.29. The molecular weight excluding hydrogens is 940 g/mol. The van der Waals surface area contributed by atoms with Crippen LogP contribution >= 0.6 is 0 Å². The largest absolute Gasteiger partial charge is 0.509 e. The van der Waals surface area contributed by atoms with E-state index in [1.165, 1.54) is 0 Å². The first-order valence-electron chi connectivity index (χ1n) is 24.8. The summed E-state index contributed by atoms with van der Waals surface area (Å²) in [6.45, 7) is 6.51. The Morgan fingerprint density at radius 1 is 0.645 bits per heavy atom. The number of pyridine rings is 1. The number of hydrogen-bond acceptors (Lipinski definition) is 2. The van der Waals surface area contributed by atoms with Crippen molar-refractivity contribution >= 4 is 43.6 Å². The molecule has 0 radical (unpaired) electrons. The van der Waals surface area contributed by atoms with Gasteiger partial charge in [0.15, 0.2) is 0 Å². The van der Waals surface area contributed by atoms with Crippen LogP contribution in [0.15, 0.2) is 188 Å². The molecule has 0 amide bonds. The van der Waals surface area contributed by atoms with Crippen molar-refractivity contribution in [1.29, 1.82) is 0 Å². The number of ether oxygens (including phenoxy) is 1. The van der Waals surface area contributed by atoms with Crippen LogP contribution in [0.25, 0.3) is 83.1 Å². The van der Waals surface area contributed by atoms with E-state index < -0.39 is 60.4 Å². The van der Waals surface area contributed by atoms with Crippen molar-refractivity contribution in [3.63, 3.8) is 0 Å². The van der Waals surface area contributed by atoms with Gasteiger partial charge in [-0.3, -0.25) is 4.57 Å². The Morgan fingerprint density at radius 3 is 2.03 bits per heavy atom. The summed E-state index contributed by atoms with van der Waals surface area (Å²) in [4.78, 5) is 4.83. The van der Waals surface area contributed by atoms with E-state index in [0.717, 1.165) is 44.0 Å². The molecule has 5 nitrogen and oxygen atoms in total. The standard InChI is InChI=1S/C56H40N4O.Pt/c1-56(2,3)41-31-32-57-54(34-41)60-49-26-13-12-23-47(49)48-30-29-43(36-52(48)60)61-53-35-42(33-40-21-10-11-22-44(40)53)58-37-59(51-28-15-14-27-50(51)58)55-45(38-17-6-4-7-18-38)24-16-25-46(55)39-19-8-5-9-20-39;/h4-34H,1-3H3;/q-2;/i4D,5D,6D,7D,8D,9D,17D,18D,19D,20D;. The number of hydrogen-bond donors (Lipinski definition) is 0. The molecule has 0 saturated heterocycles. The van der Waals surface area contributed by atoms with E-state index in [1.54, 1.807) is 27.3 Å². The third kappa shape index (κ3) is 6.80. The third-order valence-corrected chi connectivity index (χ3v) is 11.0. The van der Waals surface area contributed by atoms with Gasteiger partial charge in [-0.15, -0.1) is 35.0 Å². The van der Waals surface area contributed by atoms with E-state index in [9.17, 15) is 0 Å². The molecule has 0 bridgehead atoms. The normalized spacial score (nSPS) is 13.9. The zero-order chi connectivity index (χ0) is 49.8. The van der Waals surface area contributed by atoms with E-state index in [2.05, 4.69) is 62.0 Å². The van der Waals surface area contributed by atoms with Crippen LogP contribution in [0, 0.1) is 18.5 Å². The zero-order valence-corrected chi connectivity index (χ0v) is 35.9. The fourth-order valence-electron chi connectivity index (χ4n) is 8.05. The van der Waals surface area contributed by atoms with Crippen molar-refractivity contribution in [3.8, 4) is 50.9 Å². The fraction of sp³-hybridized carbons (Fsp3) is 0.0714. The molecule has 0 unspecified atom stereocenters. The molecule has 3 aromatic heterocycles. The van der Waals surface area contributed by atoms with Crippen molar-refractivity contribution in [1.82, 2.24) is 14.1 Å². The SMILES string of the molecule is [2H]c1c([2H])c([2H])c(-c2cccc(-c3c([2H])c([2H])c([2H])c([2H])c3[2H])c2-[n+]2[c-]n(-c3[c-]c(Oc4[c-]c5c(cc4)c4ccccc4n5-c4cc(C(C)(C)C)ccn4)c4ccccc4c3)c3ccccc32)c([2H])c1[2H].[Pt]. The Labute approximate surface area is 389 Å². The molecule has 3 heterocycles. The zero-order valence-electron chi connectivity index (χ0n) is 43.6. The Balaban J connectivity index is 0.00000596. The van der Waals surface area contributed by atoms with E-state index in [-0.39, 0.29) is 54.4 Å². The quantitative estimate of drug-likeness (QED) is 0.118. The third-order valence-electron chi connectivity index (χ3n) is 11.0. The van der Waals surface area contributed by atoms with E-state index in [1.807, 2.05) is 91.1 Å². The second-order valence-electron chi connectivity index (χ2n) is 15.7. The smallest absolute Gasteiger partial charge is 0.268 e. The van der Waals surface area contributed by atoms with Crippen LogP contribution in [-0.2, 0) is 26.5 Å². The molecule has 62 heavy (non-hydrogen) atoms. The predicted octanol–water partition coefficient (Wildman–Crippen LogP) is 13.4. The van der Waals surface area contributed by atoms with E-state index in [0.29, 0.717) is 28.2 Å². The Hall–Kier alpha value is -7.07. The van der Waals surface area contributed by atoms with E-state index in [4.69, 9.17) is 23.4 Å². The minimum Gasteiger partial charge on any atom is -0.509 e. The molecule has 302 valence electrons. The number of para-hydroxylation sites is 4. The van der Waals surface area contributed by atoms with Gasteiger partial charge >= 0.3 is 0 Å². The number of benzene rings is 8. The van der Waals surface area contributed by atoms with Gasteiger partial charge in [0.2, 0.25) is 0 Å². The molecule has 6 heteroatoms. The van der Waals surface area contributed by atoms with Crippen molar-refractivity contribution in [2.75, 3.05) is 0 Å². The maximum atomic E-state index is 9.06. The Morgan fingerprint density at radius 2 is 1.31 bits per heavy atom. The van der Waals surface area contributed by atoms with Crippen molar-refractivity contribution in [2.45, 2.75) is 26.2 Å². The first kappa shape index (κ1) is 29.2. The summed E-state index contributed by atoms with van der Waals surface area (Å²) in [5.41, 5.74) is 4.57. The monoisotopic (exact) mass is 989 g/mol. The maximum Gasteiger partial charge on any atom is 0.268 e. The van der Waals surface area contributed by atoms with E-state index >= 15 is 0 Å². The molecule has 0 aliphatic carbocycles. The summed E-state index contributed by atoms with van der Waals surface area (Å²) in [5.74, 6) is 1.57. The van der Waals surface area contributed by atoms with Crippen LogP contribution in [0.2, 0.25) is 0 Å². The molecule has 0 aliphatic rings. The number of aromatic nitrogens is 4. The second-order valence-corrected chi connectivity index (χ2v) is 15.7. The first-order chi connectivity index (χ1) is 34.0. The average Bonchev–Trinajstić information content (AvgIpc) is 3.92. The molecule has 0 atom stereocenters. The predicted molar refractivity (Wildman–Crippen MR) is 247 cm³/mol. The molecule has 0 N–H and O–H groups in total. The first-order valence-corrected chi connectivity index (χ1v) is 19.8. The minimum atomic E-state index is -0.574. The summed E-state index contributed by atoms with van der Waals surface area (Å²) < 4.78 is 99.7. The summed E-state index contributed by atoms with van der Waals surface area (Å²) in [5, 5.41) is 3.60. The molecule has 0 spiro atoms.